The van der Waals surface area contributed by atoms with Crippen LogP contribution in [0.25, 0.3) is 0 Å². The van der Waals surface area contributed by atoms with E-state index in [0.717, 1.165) is 6.07 Å². The second-order valence-electron chi connectivity index (χ2n) is 2.83. The Bertz CT molecular complexity index is 387. The van der Waals surface area contributed by atoms with Gasteiger partial charge in [0.05, 0.1) is 11.0 Å². The number of hydrogen-bond donors (Lipinski definition) is 1. The summed E-state index contributed by atoms with van der Waals surface area (Å²) in [5, 5.41) is 10.4. The lowest BCUT2D eigenvalue weighted by Gasteiger charge is -2.10. The molecule has 0 aliphatic heterocycles. The van der Waals surface area contributed by atoms with E-state index < -0.39 is 23.1 Å². The van der Waals surface area contributed by atoms with Crippen LogP contribution in [-0.2, 0) is 0 Å². The van der Waals surface area contributed by atoms with Crippen molar-refractivity contribution < 1.29 is 13.7 Å². The molecule has 0 spiro atoms. The summed E-state index contributed by atoms with van der Waals surface area (Å²) in [6.07, 6.45) is -2.77. The van der Waals surface area contributed by atoms with Crippen LogP contribution in [0.2, 0.25) is 5.02 Å². The lowest BCUT2D eigenvalue weighted by atomic mass is 10.1. The number of nitrogens with zero attached hydrogens (tertiary/aromatic N) is 1. The van der Waals surface area contributed by atoms with Crippen molar-refractivity contribution in [3.8, 4) is 0 Å². The lowest BCUT2D eigenvalue weighted by Crippen LogP contribution is -2.18. The smallest absolute Gasteiger partial charge is 0.288 e. The van der Waals surface area contributed by atoms with Crippen LogP contribution in [0.15, 0.2) is 18.2 Å². The van der Waals surface area contributed by atoms with Crippen LogP contribution in [0.5, 0.6) is 0 Å². The Labute approximate surface area is 88.8 Å². The Hall–Kier alpha value is -1.27. The van der Waals surface area contributed by atoms with Crippen molar-refractivity contribution in [2.24, 2.45) is 5.73 Å². The summed E-state index contributed by atoms with van der Waals surface area (Å²) in [7, 11) is 0. The van der Waals surface area contributed by atoms with Gasteiger partial charge < -0.3 is 5.73 Å². The topological polar surface area (TPSA) is 69.2 Å². The number of rotatable bonds is 3. The monoisotopic (exact) mass is 236 g/mol. The zero-order chi connectivity index (χ0) is 11.6. The van der Waals surface area contributed by atoms with Crippen LogP contribution >= 0.6 is 11.6 Å². The Balaban J connectivity index is 3.13. The molecule has 0 fully saturated rings. The summed E-state index contributed by atoms with van der Waals surface area (Å²) < 4.78 is 24.4. The molecule has 15 heavy (non-hydrogen) atoms. The summed E-state index contributed by atoms with van der Waals surface area (Å²) >= 11 is 5.51. The van der Waals surface area contributed by atoms with Gasteiger partial charge in [-0.25, -0.2) is 8.78 Å². The molecule has 0 bridgehead atoms. The Morgan fingerprint density at radius 2 is 2.07 bits per heavy atom. The first-order valence-corrected chi connectivity index (χ1v) is 4.29. The van der Waals surface area contributed by atoms with E-state index in [1.807, 2.05) is 0 Å². The number of nitro benzene ring substituents is 1. The van der Waals surface area contributed by atoms with Gasteiger partial charge in [-0.05, 0) is 11.6 Å². The van der Waals surface area contributed by atoms with E-state index in [9.17, 15) is 18.9 Å². The first-order valence-electron chi connectivity index (χ1n) is 3.91. The highest BCUT2D eigenvalue weighted by Crippen LogP contribution is 2.28. The fourth-order valence-electron chi connectivity index (χ4n) is 1.02. The van der Waals surface area contributed by atoms with Crippen LogP contribution < -0.4 is 5.73 Å². The summed E-state index contributed by atoms with van der Waals surface area (Å²) in [6, 6.07) is 1.84. The number of halogens is 3. The highest BCUT2D eigenvalue weighted by molar-refractivity contribution is 6.32. The molecule has 0 saturated carbocycles. The number of nitro groups is 1. The second-order valence-corrected chi connectivity index (χ2v) is 3.24. The van der Waals surface area contributed by atoms with E-state index >= 15 is 0 Å². The van der Waals surface area contributed by atoms with Gasteiger partial charge in [0.15, 0.2) is 0 Å². The van der Waals surface area contributed by atoms with Gasteiger partial charge in [-0.2, -0.15) is 0 Å². The van der Waals surface area contributed by atoms with Crippen molar-refractivity contribution >= 4 is 17.3 Å². The Morgan fingerprint density at radius 3 is 2.53 bits per heavy atom. The fourth-order valence-corrected chi connectivity index (χ4v) is 1.21. The summed E-state index contributed by atoms with van der Waals surface area (Å²) in [4.78, 5) is 9.71. The first kappa shape index (κ1) is 11.8. The van der Waals surface area contributed by atoms with Crippen LogP contribution in [0.4, 0.5) is 14.5 Å². The van der Waals surface area contributed by atoms with Crippen molar-refractivity contribution in [3.63, 3.8) is 0 Å². The summed E-state index contributed by atoms with van der Waals surface area (Å²) in [5.41, 5.74) is 4.70. The molecule has 1 rings (SSSR count). The van der Waals surface area contributed by atoms with Gasteiger partial charge >= 0.3 is 0 Å². The average molecular weight is 237 g/mol. The molecule has 1 aromatic carbocycles. The lowest BCUT2D eigenvalue weighted by molar-refractivity contribution is -0.384. The Kier molecular flexibility index (Phi) is 3.54. The maximum absolute atomic E-state index is 12.2. The van der Waals surface area contributed by atoms with Crippen molar-refractivity contribution in [2.45, 2.75) is 12.5 Å². The normalized spacial score (nSPS) is 12.9. The quantitative estimate of drug-likeness (QED) is 0.648. The first-order chi connectivity index (χ1) is 6.93. The molecule has 4 nitrogen and oxygen atoms in total. The highest BCUT2D eigenvalue weighted by atomic mass is 35.5. The second kappa shape index (κ2) is 4.50. The predicted octanol–water partition coefficient (Wildman–Crippen LogP) is 2.51. The summed E-state index contributed by atoms with van der Waals surface area (Å²) in [6.45, 7) is 0. The average Bonchev–Trinajstić information content (AvgIpc) is 2.16. The molecule has 82 valence electrons. The van der Waals surface area contributed by atoms with Crippen molar-refractivity contribution in [1.29, 1.82) is 0 Å². The minimum Gasteiger partial charge on any atom is -0.319 e. The van der Waals surface area contributed by atoms with Crippen LogP contribution in [0.3, 0.4) is 0 Å². The van der Waals surface area contributed by atoms with Crippen LogP contribution in [0, 0.1) is 10.1 Å². The number of nitrogens with two attached hydrogens (primary N) is 1. The van der Waals surface area contributed by atoms with Crippen LogP contribution in [-0.4, -0.2) is 11.3 Å². The number of hydrogen-bond acceptors (Lipinski definition) is 3. The number of benzene rings is 1. The third-order valence-electron chi connectivity index (χ3n) is 1.82. The van der Waals surface area contributed by atoms with E-state index in [0.29, 0.717) is 0 Å². The third-order valence-corrected chi connectivity index (χ3v) is 2.14. The van der Waals surface area contributed by atoms with Crippen LogP contribution in [0.1, 0.15) is 11.6 Å². The zero-order valence-corrected chi connectivity index (χ0v) is 8.12. The van der Waals surface area contributed by atoms with Gasteiger partial charge in [0.25, 0.3) is 12.1 Å². The molecule has 0 unspecified atom stereocenters. The van der Waals surface area contributed by atoms with Crippen molar-refractivity contribution in [2.75, 3.05) is 0 Å². The van der Waals surface area contributed by atoms with Gasteiger partial charge in [-0.1, -0.05) is 17.7 Å². The highest BCUT2D eigenvalue weighted by Gasteiger charge is 2.21. The predicted molar refractivity (Wildman–Crippen MR) is 51.0 cm³/mol. The van der Waals surface area contributed by atoms with Gasteiger partial charge in [-0.15, -0.1) is 0 Å². The summed E-state index contributed by atoms with van der Waals surface area (Å²) in [5.74, 6) is 0. The molecular weight excluding hydrogens is 230 g/mol. The molecule has 7 heteroatoms. The molecule has 0 saturated heterocycles. The minimum absolute atomic E-state index is 0.0129. The van der Waals surface area contributed by atoms with E-state index in [-0.39, 0.29) is 10.6 Å². The molecule has 0 radical (unpaired) electrons. The van der Waals surface area contributed by atoms with Crippen molar-refractivity contribution in [3.05, 3.63) is 38.9 Å². The molecule has 0 aromatic heterocycles. The molecule has 0 aliphatic carbocycles. The molecule has 0 heterocycles. The molecule has 1 atom stereocenters. The molecular formula is C8H7ClF2N2O2. The molecule has 2 N–H and O–H groups in total. The zero-order valence-electron chi connectivity index (χ0n) is 7.36. The van der Waals surface area contributed by atoms with E-state index in [4.69, 9.17) is 17.3 Å². The van der Waals surface area contributed by atoms with Gasteiger partial charge in [0.1, 0.15) is 5.02 Å². The van der Waals surface area contributed by atoms with E-state index in [2.05, 4.69) is 0 Å². The number of alkyl halides is 2. The fraction of sp³-hybridized carbons (Fsp3) is 0.250. The van der Waals surface area contributed by atoms with Crippen molar-refractivity contribution in [1.82, 2.24) is 0 Å². The maximum atomic E-state index is 12.2. The largest absolute Gasteiger partial charge is 0.319 e. The third kappa shape index (κ3) is 2.60. The van der Waals surface area contributed by atoms with E-state index in [1.165, 1.54) is 12.1 Å². The van der Waals surface area contributed by atoms with E-state index in [1.54, 1.807) is 0 Å². The molecule has 1 aromatic rings. The van der Waals surface area contributed by atoms with Gasteiger partial charge in [-0.3, -0.25) is 10.1 Å². The maximum Gasteiger partial charge on any atom is 0.288 e. The van der Waals surface area contributed by atoms with Gasteiger partial charge in [0.2, 0.25) is 0 Å². The Morgan fingerprint density at radius 1 is 1.47 bits per heavy atom. The molecule has 0 amide bonds. The minimum atomic E-state index is -2.77. The van der Waals surface area contributed by atoms with Gasteiger partial charge in [0, 0.05) is 6.07 Å². The molecule has 0 aliphatic rings. The standard InChI is InChI=1S/C8H7ClF2N2O2/c9-5-2-1-4(7(12)8(10)11)3-6(5)13(14)15/h1-3,7-8H,12H2/t7-/m1/s1. The SMILES string of the molecule is N[C@H](c1ccc(Cl)c([N+](=O)[O-])c1)C(F)F.